The van der Waals surface area contributed by atoms with Gasteiger partial charge in [0.2, 0.25) is 16.8 Å². The normalized spacial score (nSPS) is 23.6. The molecule has 6 atom stereocenters. The van der Waals surface area contributed by atoms with E-state index in [0.717, 1.165) is 5.56 Å². The van der Waals surface area contributed by atoms with Gasteiger partial charge in [-0.2, -0.15) is 4.31 Å². The summed E-state index contributed by atoms with van der Waals surface area (Å²) in [7, 11) is -4.21. The molecule has 0 aromatic heterocycles. The molecule has 3 fully saturated rings. The average molecular weight is 748 g/mol. The molecule has 2 aromatic rings. The zero-order chi connectivity index (χ0) is 36.7. The molecule has 0 saturated carbocycles. The van der Waals surface area contributed by atoms with Crippen LogP contribution in [0.25, 0.3) is 0 Å². The van der Waals surface area contributed by atoms with Crippen molar-refractivity contribution in [3.8, 4) is 11.5 Å². The summed E-state index contributed by atoms with van der Waals surface area (Å²) in [6.07, 6.45) is -1.10. The molecule has 286 valence electrons. The lowest BCUT2D eigenvalue weighted by molar-refractivity contribution is -0.0907. The third-order valence-corrected chi connectivity index (χ3v) is 11.6. The number of alkyl carbamates (subject to hydrolysis) is 2. The van der Waals surface area contributed by atoms with Crippen molar-refractivity contribution >= 4 is 22.2 Å². The van der Waals surface area contributed by atoms with E-state index in [0.29, 0.717) is 63.5 Å². The first kappa shape index (κ1) is 38.1. The largest absolute Gasteiger partial charge is 0.454 e. The molecule has 4 aliphatic heterocycles. The van der Waals surface area contributed by atoms with E-state index >= 15 is 0 Å². The fourth-order valence-corrected chi connectivity index (χ4v) is 8.57. The summed E-state index contributed by atoms with van der Waals surface area (Å²) in [5.41, 5.74) is 0.231. The van der Waals surface area contributed by atoms with Crippen LogP contribution in [-0.4, -0.2) is 114 Å². The highest BCUT2D eigenvalue weighted by Crippen LogP contribution is 2.36. The second kappa shape index (κ2) is 17.0. The first-order chi connectivity index (χ1) is 25.0. The van der Waals surface area contributed by atoms with Crippen LogP contribution in [0.5, 0.6) is 11.5 Å². The Labute approximate surface area is 304 Å². The number of amides is 2. The maximum absolute atomic E-state index is 14.4. The molecule has 0 bridgehead atoms. The van der Waals surface area contributed by atoms with E-state index in [-0.39, 0.29) is 49.8 Å². The van der Waals surface area contributed by atoms with E-state index in [9.17, 15) is 23.1 Å². The number of rotatable bonds is 16. The molecule has 15 nitrogen and oxygen atoms in total. The number of aliphatic hydroxyl groups excluding tert-OH is 1. The summed E-state index contributed by atoms with van der Waals surface area (Å²) in [5, 5.41) is 17.4. The molecule has 2 amide bonds. The van der Waals surface area contributed by atoms with Gasteiger partial charge in [-0.25, -0.2) is 18.0 Å². The van der Waals surface area contributed by atoms with E-state index in [1.165, 1.54) is 16.4 Å². The zero-order valence-electron chi connectivity index (χ0n) is 29.6. The van der Waals surface area contributed by atoms with Crippen LogP contribution >= 0.6 is 0 Å². The zero-order valence-corrected chi connectivity index (χ0v) is 30.4. The molecule has 3 saturated heterocycles. The minimum absolute atomic E-state index is 0.0192. The molecule has 3 N–H and O–H groups in total. The van der Waals surface area contributed by atoms with Crippen molar-refractivity contribution in [1.29, 1.82) is 0 Å². The number of carbonyl (C=O) groups is 2. The van der Waals surface area contributed by atoms with Gasteiger partial charge in [0, 0.05) is 32.1 Å². The Kier molecular flexibility index (Phi) is 12.4. The molecule has 4 aliphatic rings. The summed E-state index contributed by atoms with van der Waals surface area (Å²) < 4.78 is 68.4. The average Bonchev–Trinajstić information content (AvgIpc) is 3.94. The number of carbonyl (C=O) groups excluding carboxylic acids is 2. The number of benzene rings is 2. The minimum Gasteiger partial charge on any atom is -0.454 e. The van der Waals surface area contributed by atoms with Crippen molar-refractivity contribution < 1.29 is 56.3 Å². The third kappa shape index (κ3) is 9.85. The molecular weight excluding hydrogens is 698 g/mol. The number of hydrogen-bond donors (Lipinski definition) is 3. The van der Waals surface area contributed by atoms with Crippen molar-refractivity contribution in [3.05, 3.63) is 54.1 Å². The summed E-state index contributed by atoms with van der Waals surface area (Å²) in [6.45, 7) is 5.53. The van der Waals surface area contributed by atoms with E-state index in [2.05, 4.69) is 10.6 Å². The third-order valence-electron chi connectivity index (χ3n) is 9.75. The van der Waals surface area contributed by atoms with Crippen molar-refractivity contribution in [2.75, 3.05) is 52.9 Å². The Morgan fingerprint density at radius 1 is 1.00 bits per heavy atom. The summed E-state index contributed by atoms with van der Waals surface area (Å²) in [6, 6.07) is 12.8. The van der Waals surface area contributed by atoms with E-state index in [4.69, 9.17) is 33.2 Å². The topological polar surface area (TPSA) is 180 Å². The summed E-state index contributed by atoms with van der Waals surface area (Å²) in [5.74, 6) is 0.668. The van der Waals surface area contributed by atoms with Crippen molar-refractivity contribution in [3.63, 3.8) is 0 Å². The van der Waals surface area contributed by atoms with Gasteiger partial charge in [0.05, 0.1) is 49.4 Å². The number of fused-ring (bicyclic) bond motifs is 2. The molecule has 16 heteroatoms. The molecule has 2 aromatic carbocycles. The van der Waals surface area contributed by atoms with Gasteiger partial charge in [0.15, 0.2) is 17.8 Å². The Bertz CT molecular complexity index is 1620. The van der Waals surface area contributed by atoms with Gasteiger partial charge in [-0.1, -0.05) is 44.2 Å². The standard InChI is InChI=1S/C36H49N3O12S/c1-36(2,13-6-14-37-34(41)50-25-11-15-45-20-25)22-39(52(43,44)26-9-10-30-31(18-26)49-23-48-30)19-29(40)28(17-24-7-4-3-5-8-24)38-35(42)51-32-21-47-33-27(32)12-16-46-33/h3-5,7-10,18,25,27-29,32-33,40H,6,11-17,19-23H2,1-2H3,(H,37,41)(H,38,42)/t25-,27+,28+,29-,32+,33-/m1/s1. The molecule has 0 radical (unpaired) electrons. The second-order valence-electron chi connectivity index (χ2n) is 14.4. The summed E-state index contributed by atoms with van der Waals surface area (Å²) in [4.78, 5) is 25.5. The Hall–Kier alpha value is -3.67. The predicted octanol–water partition coefficient (Wildman–Crippen LogP) is 3.19. The van der Waals surface area contributed by atoms with Crippen LogP contribution in [0.4, 0.5) is 9.59 Å². The maximum atomic E-state index is 14.4. The number of sulfonamides is 1. The van der Waals surface area contributed by atoms with Gasteiger partial charge in [0.25, 0.3) is 0 Å². The molecule has 4 heterocycles. The van der Waals surface area contributed by atoms with Crippen LogP contribution in [0.3, 0.4) is 0 Å². The van der Waals surface area contributed by atoms with Crippen molar-refractivity contribution in [2.24, 2.45) is 11.3 Å². The van der Waals surface area contributed by atoms with Crippen LogP contribution < -0.4 is 20.1 Å². The maximum Gasteiger partial charge on any atom is 0.407 e. The van der Waals surface area contributed by atoms with E-state index in [1.54, 1.807) is 6.07 Å². The molecule has 52 heavy (non-hydrogen) atoms. The highest BCUT2D eigenvalue weighted by molar-refractivity contribution is 7.89. The molecule has 0 unspecified atom stereocenters. The quantitative estimate of drug-likeness (QED) is 0.214. The van der Waals surface area contributed by atoms with E-state index < -0.39 is 52.2 Å². The minimum atomic E-state index is -4.21. The lowest BCUT2D eigenvalue weighted by Gasteiger charge is -2.35. The van der Waals surface area contributed by atoms with Gasteiger partial charge in [-0.05, 0) is 48.8 Å². The number of nitrogens with one attached hydrogen (secondary N) is 2. The van der Waals surface area contributed by atoms with E-state index in [1.807, 2.05) is 44.2 Å². The van der Waals surface area contributed by atoms with Crippen LogP contribution in [0.1, 0.15) is 45.1 Å². The number of ether oxygens (including phenoxy) is 7. The lowest BCUT2D eigenvalue weighted by Crippen LogP contribution is -2.52. The molecule has 6 rings (SSSR count). The first-order valence-corrected chi connectivity index (χ1v) is 19.3. The predicted molar refractivity (Wildman–Crippen MR) is 185 cm³/mol. The number of aliphatic hydroxyl groups is 1. The Morgan fingerprint density at radius 2 is 1.81 bits per heavy atom. The fourth-order valence-electron chi connectivity index (χ4n) is 6.90. The van der Waals surface area contributed by atoms with Gasteiger partial charge in [-0.3, -0.25) is 0 Å². The van der Waals surface area contributed by atoms with Crippen molar-refractivity contribution in [1.82, 2.24) is 14.9 Å². The van der Waals surface area contributed by atoms with Gasteiger partial charge in [0.1, 0.15) is 12.2 Å². The molecular formula is C36H49N3O12S. The number of hydrogen-bond acceptors (Lipinski definition) is 12. The van der Waals surface area contributed by atoms with Crippen LogP contribution in [0, 0.1) is 11.3 Å². The molecule has 0 spiro atoms. The van der Waals surface area contributed by atoms with Gasteiger partial charge < -0.3 is 48.9 Å². The van der Waals surface area contributed by atoms with Crippen LogP contribution in [0.2, 0.25) is 0 Å². The fraction of sp³-hybridized carbons (Fsp3) is 0.611. The van der Waals surface area contributed by atoms with Gasteiger partial charge in [-0.15, -0.1) is 0 Å². The Morgan fingerprint density at radius 3 is 2.60 bits per heavy atom. The summed E-state index contributed by atoms with van der Waals surface area (Å²) >= 11 is 0. The van der Waals surface area contributed by atoms with Crippen LogP contribution in [0.15, 0.2) is 53.4 Å². The van der Waals surface area contributed by atoms with Crippen LogP contribution in [-0.2, 0) is 40.1 Å². The SMILES string of the molecule is CC(C)(CCCNC(=O)O[C@@H]1CCOC1)CN(C[C@@H](O)[C@H](Cc1ccccc1)NC(=O)O[C@H]1CO[C@H]2OCC[C@H]21)S(=O)(=O)c1ccc2c(c1)OCO2. The lowest BCUT2D eigenvalue weighted by atomic mass is 9.87. The highest BCUT2D eigenvalue weighted by atomic mass is 32.2. The molecule has 0 aliphatic carbocycles. The number of nitrogens with zero attached hydrogens (tertiary/aromatic N) is 1. The Balaban J connectivity index is 1.16. The first-order valence-electron chi connectivity index (χ1n) is 17.8. The second-order valence-corrected chi connectivity index (χ2v) is 16.3. The van der Waals surface area contributed by atoms with Crippen molar-refractivity contribution in [2.45, 2.75) is 81.5 Å². The highest BCUT2D eigenvalue weighted by Gasteiger charge is 2.44. The monoisotopic (exact) mass is 747 g/mol. The van der Waals surface area contributed by atoms with Gasteiger partial charge >= 0.3 is 12.2 Å². The smallest absolute Gasteiger partial charge is 0.407 e.